The van der Waals surface area contributed by atoms with Gasteiger partial charge in [0.05, 0.1) is 0 Å². The van der Waals surface area contributed by atoms with Crippen molar-refractivity contribution in [3.8, 4) is 0 Å². The third kappa shape index (κ3) is 5.43. The van der Waals surface area contributed by atoms with Crippen LogP contribution in [0.25, 0.3) is 0 Å². The smallest absolute Gasteiger partial charge is 0.222 e. The molecule has 0 spiro atoms. The number of carbonyl (C=O) groups is 2. The van der Waals surface area contributed by atoms with Crippen LogP contribution in [0.2, 0.25) is 0 Å². The number of hydrogen-bond donors (Lipinski definition) is 2. The zero-order valence-corrected chi connectivity index (χ0v) is 14.6. The molecule has 128 valence electrons. The number of hydrogen-bond acceptors (Lipinski definition) is 3. The number of amides is 2. The largest absolute Gasteiger partial charge is 0.352 e. The fourth-order valence-electron chi connectivity index (χ4n) is 3.44. The molecular formula is C16H30ClN3O2. The summed E-state index contributed by atoms with van der Waals surface area (Å²) < 4.78 is 0. The highest BCUT2D eigenvalue weighted by Crippen LogP contribution is 2.22. The number of likely N-dealkylation sites (tertiary alicyclic amines) is 1. The van der Waals surface area contributed by atoms with E-state index in [9.17, 15) is 9.59 Å². The fourth-order valence-corrected chi connectivity index (χ4v) is 3.44. The van der Waals surface area contributed by atoms with E-state index in [0.717, 1.165) is 26.1 Å². The van der Waals surface area contributed by atoms with E-state index in [2.05, 4.69) is 17.6 Å². The lowest BCUT2D eigenvalue weighted by atomic mass is 9.85. The lowest BCUT2D eigenvalue weighted by molar-refractivity contribution is -0.130. The van der Waals surface area contributed by atoms with Gasteiger partial charge in [-0.2, -0.15) is 0 Å². The number of nitrogens with one attached hydrogen (secondary N) is 2. The molecule has 3 atom stereocenters. The summed E-state index contributed by atoms with van der Waals surface area (Å²) >= 11 is 0. The maximum Gasteiger partial charge on any atom is 0.222 e. The molecule has 0 saturated carbocycles. The maximum absolute atomic E-state index is 12.2. The number of halogens is 1. The Morgan fingerprint density at radius 2 is 2.14 bits per heavy atom. The van der Waals surface area contributed by atoms with E-state index >= 15 is 0 Å². The molecule has 0 aromatic carbocycles. The van der Waals surface area contributed by atoms with Crippen LogP contribution in [-0.4, -0.2) is 48.9 Å². The zero-order chi connectivity index (χ0) is 15.2. The maximum atomic E-state index is 12.2. The van der Waals surface area contributed by atoms with Gasteiger partial charge in [-0.25, -0.2) is 0 Å². The molecule has 0 radical (unpaired) electrons. The molecule has 3 unspecified atom stereocenters. The van der Waals surface area contributed by atoms with Crippen LogP contribution >= 0.6 is 12.4 Å². The standard InChI is InChI=1S/C16H29N3O2.ClH/c1-3-16(21)19-8-6-14(11-19)18-15(20)9-12(2)13-5-4-7-17-10-13;/h12-14,17H,3-11H2,1-2H3,(H,18,20);1H. The second-order valence-electron chi connectivity index (χ2n) is 6.53. The molecule has 0 aromatic heterocycles. The SMILES string of the molecule is CCC(=O)N1CCC(NC(=O)CC(C)C2CCCNC2)C1.Cl. The van der Waals surface area contributed by atoms with Gasteiger partial charge in [0.15, 0.2) is 0 Å². The van der Waals surface area contributed by atoms with Crippen molar-refractivity contribution >= 4 is 24.2 Å². The van der Waals surface area contributed by atoms with Crippen LogP contribution in [0.4, 0.5) is 0 Å². The topological polar surface area (TPSA) is 61.4 Å². The number of piperidine rings is 1. The van der Waals surface area contributed by atoms with Gasteiger partial charge in [0.2, 0.25) is 11.8 Å². The van der Waals surface area contributed by atoms with Crippen molar-refractivity contribution in [3.63, 3.8) is 0 Å². The summed E-state index contributed by atoms with van der Waals surface area (Å²) in [6, 6.07) is 0.143. The Bertz CT molecular complexity index is 372. The second-order valence-corrected chi connectivity index (χ2v) is 6.53. The minimum atomic E-state index is 0. The molecule has 0 aromatic rings. The summed E-state index contributed by atoms with van der Waals surface area (Å²) in [7, 11) is 0. The van der Waals surface area contributed by atoms with Crippen molar-refractivity contribution < 1.29 is 9.59 Å². The summed E-state index contributed by atoms with van der Waals surface area (Å²) in [5.74, 6) is 1.37. The molecule has 0 bridgehead atoms. The van der Waals surface area contributed by atoms with Crippen molar-refractivity contribution in [1.82, 2.24) is 15.5 Å². The first-order chi connectivity index (χ1) is 10.1. The number of rotatable bonds is 5. The molecule has 22 heavy (non-hydrogen) atoms. The third-order valence-electron chi connectivity index (χ3n) is 4.86. The highest BCUT2D eigenvalue weighted by atomic mass is 35.5. The summed E-state index contributed by atoms with van der Waals surface area (Å²) in [4.78, 5) is 25.7. The van der Waals surface area contributed by atoms with E-state index in [1.165, 1.54) is 12.8 Å². The zero-order valence-electron chi connectivity index (χ0n) is 13.8. The van der Waals surface area contributed by atoms with E-state index in [1.807, 2.05) is 11.8 Å². The van der Waals surface area contributed by atoms with Gasteiger partial charge in [-0.1, -0.05) is 13.8 Å². The van der Waals surface area contributed by atoms with Gasteiger partial charge in [0, 0.05) is 32.0 Å². The van der Waals surface area contributed by atoms with Crippen LogP contribution in [0.1, 0.15) is 46.0 Å². The molecule has 2 fully saturated rings. The summed E-state index contributed by atoms with van der Waals surface area (Å²) in [6.07, 6.45) is 4.48. The summed E-state index contributed by atoms with van der Waals surface area (Å²) in [5, 5.41) is 6.52. The molecule has 2 aliphatic heterocycles. The quantitative estimate of drug-likeness (QED) is 0.803. The first-order valence-corrected chi connectivity index (χ1v) is 8.38. The lowest BCUT2D eigenvalue weighted by Gasteiger charge is -2.28. The van der Waals surface area contributed by atoms with Gasteiger partial charge in [0.25, 0.3) is 0 Å². The molecule has 2 aliphatic rings. The van der Waals surface area contributed by atoms with Crippen molar-refractivity contribution in [2.45, 2.75) is 52.0 Å². The van der Waals surface area contributed by atoms with Crippen LogP contribution < -0.4 is 10.6 Å². The Morgan fingerprint density at radius 1 is 1.36 bits per heavy atom. The van der Waals surface area contributed by atoms with Gasteiger partial charge < -0.3 is 15.5 Å². The minimum absolute atomic E-state index is 0. The molecule has 2 heterocycles. The van der Waals surface area contributed by atoms with Gasteiger partial charge in [-0.05, 0) is 44.2 Å². The van der Waals surface area contributed by atoms with Gasteiger partial charge >= 0.3 is 0 Å². The number of nitrogens with zero attached hydrogens (tertiary/aromatic N) is 1. The van der Waals surface area contributed by atoms with E-state index in [-0.39, 0.29) is 30.3 Å². The van der Waals surface area contributed by atoms with Gasteiger partial charge in [-0.15, -0.1) is 12.4 Å². The summed E-state index contributed by atoms with van der Waals surface area (Å²) in [5.41, 5.74) is 0. The monoisotopic (exact) mass is 331 g/mol. The molecule has 2 rings (SSSR count). The van der Waals surface area contributed by atoms with Crippen molar-refractivity contribution in [1.29, 1.82) is 0 Å². The lowest BCUT2D eigenvalue weighted by Crippen LogP contribution is -2.40. The molecule has 2 N–H and O–H groups in total. The van der Waals surface area contributed by atoms with E-state index in [1.54, 1.807) is 0 Å². The van der Waals surface area contributed by atoms with Crippen LogP contribution in [0.3, 0.4) is 0 Å². The van der Waals surface area contributed by atoms with Crippen LogP contribution in [0.15, 0.2) is 0 Å². The Kier molecular flexibility index (Phi) is 8.18. The van der Waals surface area contributed by atoms with Gasteiger partial charge in [0.1, 0.15) is 0 Å². The van der Waals surface area contributed by atoms with E-state index in [4.69, 9.17) is 0 Å². The minimum Gasteiger partial charge on any atom is -0.352 e. The Balaban J connectivity index is 0.00000242. The Labute approximate surface area is 140 Å². The van der Waals surface area contributed by atoms with Crippen molar-refractivity contribution in [3.05, 3.63) is 0 Å². The van der Waals surface area contributed by atoms with Crippen molar-refractivity contribution in [2.75, 3.05) is 26.2 Å². The predicted octanol–water partition coefficient (Wildman–Crippen LogP) is 1.56. The molecular weight excluding hydrogens is 302 g/mol. The van der Waals surface area contributed by atoms with E-state index < -0.39 is 0 Å². The average Bonchev–Trinajstić information content (AvgIpc) is 2.95. The first kappa shape index (κ1) is 19.2. The van der Waals surface area contributed by atoms with Crippen LogP contribution in [-0.2, 0) is 9.59 Å². The van der Waals surface area contributed by atoms with E-state index in [0.29, 0.717) is 31.2 Å². The van der Waals surface area contributed by atoms with Gasteiger partial charge in [-0.3, -0.25) is 9.59 Å². The normalized spacial score (nSPS) is 26.2. The van der Waals surface area contributed by atoms with Crippen LogP contribution in [0.5, 0.6) is 0 Å². The highest BCUT2D eigenvalue weighted by molar-refractivity contribution is 5.85. The van der Waals surface area contributed by atoms with Crippen LogP contribution in [0, 0.1) is 11.8 Å². The Morgan fingerprint density at radius 3 is 2.77 bits per heavy atom. The molecule has 6 heteroatoms. The highest BCUT2D eigenvalue weighted by Gasteiger charge is 2.28. The Hall–Kier alpha value is -0.810. The predicted molar refractivity (Wildman–Crippen MR) is 90.0 cm³/mol. The molecule has 2 saturated heterocycles. The van der Waals surface area contributed by atoms with Crippen molar-refractivity contribution in [2.24, 2.45) is 11.8 Å². The molecule has 2 amide bonds. The second kappa shape index (κ2) is 9.36. The first-order valence-electron chi connectivity index (χ1n) is 8.38. The fraction of sp³-hybridized carbons (Fsp3) is 0.875. The third-order valence-corrected chi connectivity index (χ3v) is 4.86. The summed E-state index contributed by atoms with van der Waals surface area (Å²) in [6.45, 7) is 7.67. The molecule has 0 aliphatic carbocycles. The number of carbonyl (C=O) groups excluding carboxylic acids is 2. The average molecular weight is 332 g/mol. The molecule has 5 nitrogen and oxygen atoms in total.